The molecule has 2 saturated heterocycles. The molecule has 0 aromatic carbocycles. The van der Waals surface area contributed by atoms with E-state index < -0.39 is 0 Å². The molecular formula is C17H33N3O. The SMILES string of the molecule is CN1CCCC(N(C)CC2(N)C3CCCOC3C2(C)C)C1. The van der Waals surface area contributed by atoms with Gasteiger partial charge < -0.3 is 20.3 Å². The van der Waals surface area contributed by atoms with E-state index in [-0.39, 0.29) is 11.0 Å². The number of nitrogens with two attached hydrogens (primary N) is 1. The van der Waals surface area contributed by atoms with E-state index in [4.69, 9.17) is 10.5 Å². The number of hydrogen-bond acceptors (Lipinski definition) is 4. The van der Waals surface area contributed by atoms with E-state index >= 15 is 0 Å². The third-order valence-corrected chi connectivity index (χ3v) is 6.63. The van der Waals surface area contributed by atoms with Gasteiger partial charge in [-0.05, 0) is 46.3 Å². The molecule has 4 atom stereocenters. The first-order valence-corrected chi connectivity index (χ1v) is 8.65. The molecule has 3 aliphatic rings. The lowest BCUT2D eigenvalue weighted by atomic mass is 9.46. The molecule has 0 amide bonds. The molecule has 3 fully saturated rings. The summed E-state index contributed by atoms with van der Waals surface area (Å²) in [6.07, 6.45) is 5.40. The summed E-state index contributed by atoms with van der Waals surface area (Å²) in [5.41, 5.74) is 6.94. The summed E-state index contributed by atoms with van der Waals surface area (Å²) >= 11 is 0. The summed E-state index contributed by atoms with van der Waals surface area (Å²) in [4.78, 5) is 4.98. The third kappa shape index (κ3) is 2.44. The largest absolute Gasteiger partial charge is 0.377 e. The van der Waals surface area contributed by atoms with Gasteiger partial charge in [-0.3, -0.25) is 0 Å². The molecule has 1 aliphatic carbocycles. The average Bonchev–Trinajstić information content (AvgIpc) is 2.47. The quantitative estimate of drug-likeness (QED) is 0.858. The summed E-state index contributed by atoms with van der Waals surface area (Å²) in [5, 5.41) is 0. The Morgan fingerprint density at radius 3 is 2.76 bits per heavy atom. The molecule has 0 aromatic rings. The van der Waals surface area contributed by atoms with Crippen molar-refractivity contribution in [1.82, 2.24) is 9.80 Å². The number of likely N-dealkylation sites (N-methyl/N-ethyl adjacent to an activating group) is 2. The molecule has 3 rings (SSSR count). The number of nitrogens with zero attached hydrogens (tertiary/aromatic N) is 2. The summed E-state index contributed by atoms with van der Waals surface area (Å²) in [6, 6.07) is 0.656. The number of fused-ring (bicyclic) bond motifs is 1. The monoisotopic (exact) mass is 295 g/mol. The molecular weight excluding hydrogens is 262 g/mol. The van der Waals surface area contributed by atoms with Crippen LogP contribution in [0, 0.1) is 11.3 Å². The molecule has 0 spiro atoms. The topological polar surface area (TPSA) is 41.7 Å². The highest BCUT2D eigenvalue weighted by Gasteiger charge is 2.66. The second-order valence-electron chi connectivity index (χ2n) is 8.28. The molecule has 2 aliphatic heterocycles. The van der Waals surface area contributed by atoms with Gasteiger partial charge in [-0.1, -0.05) is 13.8 Å². The van der Waals surface area contributed by atoms with Crippen LogP contribution in [0.4, 0.5) is 0 Å². The Balaban J connectivity index is 1.67. The zero-order valence-corrected chi connectivity index (χ0v) is 14.3. The smallest absolute Gasteiger partial charge is 0.0690 e. The Labute approximate surface area is 130 Å². The summed E-state index contributed by atoms with van der Waals surface area (Å²) < 4.78 is 6.02. The molecule has 0 bridgehead atoms. The van der Waals surface area contributed by atoms with Crippen molar-refractivity contribution in [1.29, 1.82) is 0 Å². The fourth-order valence-corrected chi connectivity index (χ4v) is 5.03. The van der Waals surface area contributed by atoms with E-state index in [0.29, 0.717) is 18.1 Å². The van der Waals surface area contributed by atoms with E-state index in [1.807, 2.05) is 0 Å². The van der Waals surface area contributed by atoms with Crippen LogP contribution in [-0.4, -0.2) is 67.8 Å². The second-order valence-corrected chi connectivity index (χ2v) is 8.28. The van der Waals surface area contributed by atoms with Gasteiger partial charge in [0.1, 0.15) is 0 Å². The highest BCUT2D eigenvalue weighted by molar-refractivity contribution is 5.21. The summed E-state index contributed by atoms with van der Waals surface area (Å²) in [6.45, 7) is 8.95. The van der Waals surface area contributed by atoms with Gasteiger partial charge in [-0.15, -0.1) is 0 Å². The number of rotatable bonds is 3. The van der Waals surface area contributed by atoms with Crippen LogP contribution in [0.5, 0.6) is 0 Å². The van der Waals surface area contributed by atoms with Gasteiger partial charge in [0.05, 0.1) is 6.10 Å². The van der Waals surface area contributed by atoms with Crippen molar-refractivity contribution in [2.75, 3.05) is 40.3 Å². The lowest BCUT2D eigenvalue weighted by molar-refractivity contribution is -0.232. The van der Waals surface area contributed by atoms with Crippen molar-refractivity contribution in [3.8, 4) is 0 Å². The van der Waals surface area contributed by atoms with Gasteiger partial charge in [0.15, 0.2) is 0 Å². The van der Waals surface area contributed by atoms with Crippen molar-refractivity contribution in [3.05, 3.63) is 0 Å². The summed E-state index contributed by atoms with van der Waals surface area (Å²) in [7, 11) is 4.50. The van der Waals surface area contributed by atoms with E-state index in [1.54, 1.807) is 0 Å². The fraction of sp³-hybridized carbons (Fsp3) is 1.00. The van der Waals surface area contributed by atoms with Gasteiger partial charge in [0.25, 0.3) is 0 Å². The zero-order chi connectivity index (χ0) is 15.3. The van der Waals surface area contributed by atoms with Crippen LogP contribution in [0.1, 0.15) is 39.5 Å². The van der Waals surface area contributed by atoms with E-state index in [9.17, 15) is 0 Å². The van der Waals surface area contributed by atoms with Crippen molar-refractivity contribution in [2.24, 2.45) is 17.1 Å². The number of hydrogen-bond donors (Lipinski definition) is 1. The Kier molecular flexibility index (Phi) is 4.11. The highest BCUT2D eigenvalue weighted by atomic mass is 16.5. The lowest BCUT2D eigenvalue weighted by Gasteiger charge is -2.67. The van der Waals surface area contributed by atoms with Crippen molar-refractivity contribution in [2.45, 2.75) is 57.2 Å². The molecule has 2 heterocycles. The maximum atomic E-state index is 6.94. The Bertz CT molecular complexity index is 386. The van der Waals surface area contributed by atoms with Crippen LogP contribution in [-0.2, 0) is 4.74 Å². The first kappa shape index (κ1) is 15.7. The van der Waals surface area contributed by atoms with E-state index in [2.05, 4.69) is 37.7 Å². The van der Waals surface area contributed by atoms with Crippen molar-refractivity contribution in [3.63, 3.8) is 0 Å². The number of ether oxygens (including phenoxy) is 1. The molecule has 4 nitrogen and oxygen atoms in total. The molecule has 21 heavy (non-hydrogen) atoms. The minimum Gasteiger partial charge on any atom is -0.377 e. The van der Waals surface area contributed by atoms with Crippen molar-refractivity contribution >= 4 is 0 Å². The van der Waals surface area contributed by atoms with Crippen LogP contribution in [0.2, 0.25) is 0 Å². The van der Waals surface area contributed by atoms with Crippen LogP contribution in [0.25, 0.3) is 0 Å². The van der Waals surface area contributed by atoms with Gasteiger partial charge >= 0.3 is 0 Å². The normalized spacial score (nSPS) is 43.4. The minimum atomic E-state index is -0.0944. The van der Waals surface area contributed by atoms with Crippen LogP contribution in [0.3, 0.4) is 0 Å². The molecule has 4 unspecified atom stereocenters. The average molecular weight is 295 g/mol. The molecule has 122 valence electrons. The van der Waals surface area contributed by atoms with Crippen molar-refractivity contribution < 1.29 is 4.74 Å². The van der Waals surface area contributed by atoms with Crippen LogP contribution >= 0.6 is 0 Å². The van der Waals surface area contributed by atoms with Crippen LogP contribution < -0.4 is 5.73 Å². The Hall–Kier alpha value is -0.160. The minimum absolute atomic E-state index is 0.0902. The zero-order valence-electron chi connectivity index (χ0n) is 14.3. The predicted octanol–water partition coefficient (Wildman–Crippen LogP) is 1.54. The van der Waals surface area contributed by atoms with Gasteiger partial charge in [-0.2, -0.15) is 0 Å². The maximum absolute atomic E-state index is 6.94. The van der Waals surface area contributed by atoms with Gasteiger partial charge in [-0.25, -0.2) is 0 Å². The highest BCUT2D eigenvalue weighted by Crippen LogP contribution is 2.57. The maximum Gasteiger partial charge on any atom is 0.0690 e. The fourth-order valence-electron chi connectivity index (χ4n) is 5.03. The lowest BCUT2D eigenvalue weighted by Crippen LogP contribution is -2.80. The first-order chi connectivity index (χ1) is 9.86. The van der Waals surface area contributed by atoms with Crippen LogP contribution in [0.15, 0.2) is 0 Å². The Morgan fingerprint density at radius 2 is 2.05 bits per heavy atom. The molecule has 0 aromatic heterocycles. The third-order valence-electron chi connectivity index (χ3n) is 6.63. The molecule has 0 radical (unpaired) electrons. The van der Waals surface area contributed by atoms with Gasteiger partial charge in [0, 0.05) is 42.6 Å². The van der Waals surface area contributed by atoms with E-state index in [0.717, 1.165) is 13.2 Å². The first-order valence-electron chi connectivity index (χ1n) is 8.65. The number of likely N-dealkylation sites (tertiary alicyclic amines) is 1. The Morgan fingerprint density at radius 1 is 1.29 bits per heavy atom. The predicted molar refractivity (Wildman–Crippen MR) is 86.3 cm³/mol. The van der Waals surface area contributed by atoms with Gasteiger partial charge in [0.2, 0.25) is 0 Å². The molecule has 2 N–H and O–H groups in total. The molecule has 1 saturated carbocycles. The summed E-state index contributed by atoms with van der Waals surface area (Å²) in [5.74, 6) is 0.546. The molecule has 4 heteroatoms. The van der Waals surface area contributed by atoms with E-state index in [1.165, 1.54) is 38.8 Å². The number of piperidine rings is 1. The standard InChI is InChI=1S/C17H33N3O/c1-16(2)15-14(8-6-10-21-15)17(16,18)12-20(4)13-7-5-9-19(3)11-13/h13-15H,5-12,18H2,1-4H3. The second kappa shape index (κ2) is 5.48.